The molecule has 1 aromatic heterocycles. The molecule has 1 aliphatic heterocycles. The van der Waals surface area contributed by atoms with E-state index in [1.165, 1.54) is 0 Å². The maximum Gasteiger partial charge on any atom is 0.290 e. The minimum Gasteiger partial charge on any atom is -0.364 e. The first-order valence-electron chi connectivity index (χ1n) is 4.71. The standard InChI is InChI=1S/C9H12IN3O2/c1-12-3-2-11-8(12)9(14)13-4-5-15-7(10)6-13/h2-3,7H,4-6H2,1H3. The van der Waals surface area contributed by atoms with Gasteiger partial charge in [-0.1, -0.05) is 0 Å². The SMILES string of the molecule is Cn1ccnc1C(=O)N1CCOC(I)C1. The molecule has 1 unspecified atom stereocenters. The van der Waals surface area contributed by atoms with Gasteiger partial charge in [-0.15, -0.1) is 0 Å². The molecule has 5 nitrogen and oxygen atoms in total. The summed E-state index contributed by atoms with van der Waals surface area (Å²) in [4.78, 5) is 17.8. The number of morpholine rings is 1. The molecular formula is C9H12IN3O2. The van der Waals surface area contributed by atoms with Crippen LogP contribution in [0.4, 0.5) is 0 Å². The molecule has 0 aromatic carbocycles. The zero-order chi connectivity index (χ0) is 10.8. The van der Waals surface area contributed by atoms with Crippen molar-refractivity contribution >= 4 is 28.5 Å². The van der Waals surface area contributed by atoms with Crippen LogP contribution in [0.25, 0.3) is 0 Å². The number of rotatable bonds is 1. The fourth-order valence-electron chi connectivity index (χ4n) is 1.51. The van der Waals surface area contributed by atoms with E-state index in [0.717, 1.165) is 0 Å². The number of hydrogen-bond donors (Lipinski definition) is 0. The van der Waals surface area contributed by atoms with E-state index in [1.54, 1.807) is 21.9 Å². The first-order valence-corrected chi connectivity index (χ1v) is 5.95. The van der Waals surface area contributed by atoms with E-state index < -0.39 is 0 Å². The van der Waals surface area contributed by atoms with Gasteiger partial charge in [0, 0.05) is 26.0 Å². The molecule has 1 aromatic rings. The Balaban J connectivity index is 2.11. The molecule has 1 fully saturated rings. The fraction of sp³-hybridized carbons (Fsp3) is 0.556. The van der Waals surface area contributed by atoms with Crippen molar-refractivity contribution in [3.05, 3.63) is 18.2 Å². The van der Waals surface area contributed by atoms with Gasteiger partial charge in [-0.25, -0.2) is 4.98 Å². The van der Waals surface area contributed by atoms with E-state index in [-0.39, 0.29) is 10.0 Å². The third-order valence-electron chi connectivity index (χ3n) is 2.32. The van der Waals surface area contributed by atoms with Gasteiger partial charge in [0.2, 0.25) is 0 Å². The van der Waals surface area contributed by atoms with Crippen molar-refractivity contribution < 1.29 is 9.53 Å². The van der Waals surface area contributed by atoms with Gasteiger partial charge in [-0.3, -0.25) is 4.79 Å². The van der Waals surface area contributed by atoms with Crippen molar-refractivity contribution in [3.63, 3.8) is 0 Å². The minimum atomic E-state index is -0.0209. The van der Waals surface area contributed by atoms with Crippen LogP contribution >= 0.6 is 22.6 Å². The van der Waals surface area contributed by atoms with E-state index in [9.17, 15) is 4.79 Å². The van der Waals surface area contributed by atoms with Gasteiger partial charge in [-0.05, 0) is 22.6 Å². The topological polar surface area (TPSA) is 47.4 Å². The highest BCUT2D eigenvalue weighted by Crippen LogP contribution is 2.13. The number of hydrogen-bond acceptors (Lipinski definition) is 3. The quantitative estimate of drug-likeness (QED) is 0.564. The summed E-state index contributed by atoms with van der Waals surface area (Å²) < 4.78 is 7.19. The molecule has 2 heterocycles. The third kappa shape index (κ3) is 2.31. The number of carbonyl (C=O) groups is 1. The van der Waals surface area contributed by atoms with Gasteiger partial charge in [0.1, 0.15) is 4.11 Å². The summed E-state index contributed by atoms with van der Waals surface area (Å²) in [6.07, 6.45) is 3.41. The first kappa shape index (κ1) is 10.9. The molecule has 1 amide bonds. The van der Waals surface area contributed by atoms with Crippen molar-refractivity contribution in [2.45, 2.75) is 4.11 Å². The molecule has 6 heteroatoms. The lowest BCUT2D eigenvalue weighted by atomic mass is 10.4. The lowest BCUT2D eigenvalue weighted by Gasteiger charge is -2.29. The molecule has 2 rings (SSSR count). The zero-order valence-corrected chi connectivity index (χ0v) is 10.5. The van der Waals surface area contributed by atoms with Gasteiger partial charge < -0.3 is 14.2 Å². The van der Waals surface area contributed by atoms with Crippen molar-refractivity contribution in [2.75, 3.05) is 19.7 Å². The van der Waals surface area contributed by atoms with E-state index in [0.29, 0.717) is 25.5 Å². The number of aryl methyl sites for hydroxylation is 1. The van der Waals surface area contributed by atoms with Crippen LogP contribution in [0.2, 0.25) is 0 Å². The second-order valence-electron chi connectivity index (χ2n) is 3.39. The van der Waals surface area contributed by atoms with Crippen molar-refractivity contribution in [1.29, 1.82) is 0 Å². The first-order chi connectivity index (χ1) is 7.18. The van der Waals surface area contributed by atoms with Crippen LogP contribution in [0.15, 0.2) is 12.4 Å². The largest absolute Gasteiger partial charge is 0.364 e. The molecule has 0 saturated carbocycles. The summed E-state index contributed by atoms with van der Waals surface area (Å²) in [5.74, 6) is 0.466. The zero-order valence-electron chi connectivity index (χ0n) is 8.39. The Morgan fingerprint density at radius 1 is 1.73 bits per heavy atom. The van der Waals surface area contributed by atoms with E-state index in [4.69, 9.17) is 4.74 Å². The van der Waals surface area contributed by atoms with Crippen LogP contribution in [0, 0.1) is 0 Å². The summed E-state index contributed by atoms with van der Waals surface area (Å²) in [6.45, 7) is 1.88. The molecular weight excluding hydrogens is 309 g/mol. The van der Waals surface area contributed by atoms with Gasteiger partial charge in [0.05, 0.1) is 13.2 Å². The molecule has 0 spiro atoms. The number of ether oxygens (including phenoxy) is 1. The average Bonchev–Trinajstić information content (AvgIpc) is 2.63. The second kappa shape index (κ2) is 4.48. The molecule has 15 heavy (non-hydrogen) atoms. The normalized spacial score (nSPS) is 21.7. The molecule has 1 aliphatic rings. The average molecular weight is 321 g/mol. The second-order valence-corrected chi connectivity index (χ2v) is 4.78. The Kier molecular flexibility index (Phi) is 3.25. The molecule has 0 radical (unpaired) electrons. The van der Waals surface area contributed by atoms with Crippen LogP contribution in [0.3, 0.4) is 0 Å². The van der Waals surface area contributed by atoms with Crippen LogP contribution in [-0.2, 0) is 11.8 Å². The summed E-state index contributed by atoms with van der Waals surface area (Å²) in [5.41, 5.74) is 0. The Hall–Kier alpha value is -0.630. The smallest absolute Gasteiger partial charge is 0.290 e. The number of halogens is 1. The van der Waals surface area contributed by atoms with Crippen LogP contribution in [0.1, 0.15) is 10.6 Å². The Morgan fingerprint density at radius 3 is 3.13 bits per heavy atom. The molecule has 1 saturated heterocycles. The summed E-state index contributed by atoms with van der Waals surface area (Å²) in [7, 11) is 1.82. The van der Waals surface area contributed by atoms with E-state index >= 15 is 0 Å². The highest BCUT2D eigenvalue weighted by Gasteiger charge is 2.25. The monoisotopic (exact) mass is 321 g/mol. The van der Waals surface area contributed by atoms with Crippen LogP contribution in [0.5, 0.6) is 0 Å². The van der Waals surface area contributed by atoms with Crippen LogP contribution in [-0.4, -0.2) is 44.2 Å². The highest BCUT2D eigenvalue weighted by molar-refractivity contribution is 14.1. The maximum atomic E-state index is 12.0. The van der Waals surface area contributed by atoms with Crippen molar-refractivity contribution in [2.24, 2.45) is 7.05 Å². The van der Waals surface area contributed by atoms with Crippen molar-refractivity contribution in [1.82, 2.24) is 14.5 Å². The highest BCUT2D eigenvalue weighted by atomic mass is 127. The van der Waals surface area contributed by atoms with Crippen molar-refractivity contribution in [3.8, 4) is 0 Å². The van der Waals surface area contributed by atoms with E-state index in [1.807, 2.05) is 7.05 Å². The molecule has 0 aliphatic carbocycles. The summed E-state index contributed by atoms with van der Waals surface area (Å²) in [5, 5.41) is 0. The van der Waals surface area contributed by atoms with Gasteiger partial charge >= 0.3 is 0 Å². The number of nitrogens with zero attached hydrogens (tertiary/aromatic N) is 3. The number of amides is 1. The van der Waals surface area contributed by atoms with Crippen LogP contribution < -0.4 is 0 Å². The van der Waals surface area contributed by atoms with Gasteiger partial charge in [0.15, 0.2) is 5.82 Å². The van der Waals surface area contributed by atoms with Gasteiger partial charge in [0.25, 0.3) is 5.91 Å². The lowest BCUT2D eigenvalue weighted by molar-refractivity contribution is 0.0221. The number of alkyl halides is 1. The Morgan fingerprint density at radius 2 is 2.53 bits per heavy atom. The number of imidazole rings is 1. The fourth-order valence-corrected chi connectivity index (χ4v) is 2.24. The maximum absolute atomic E-state index is 12.0. The molecule has 0 bridgehead atoms. The third-order valence-corrected chi connectivity index (χ3v) is 3.08. The Labute approximate surface area is 102 Å². The molecule has 1 atom stereocenters. The number of aromatic nitrogens is 2. The minimum absolute atomic E-state index is 0.0209. The predicted molar refractivity (Wildman–Crippen MR) is 62.9 cm³/mol. The Bertz CT molecular complexity index is 366. The number of carbonyl (C=O) groups excluding carboxylic acids is 1. The lowest BCUT2D eigenvalue weighted by Crippen LogP contribution is -2.44. The summed E-state index contributed by atoms with van der Waals surface area (Å²) in [6, 6.07) is 0. The predicted octanol–water partition coefficient (Wildman–Crippen LogP) is 0.654. The van der Waals surface area contributed by atoms with E-state index in [2.05, 4.69) is 27.6 Å². The molecule has 82 valence electrons. The molecule has 0 N–H and O–H groups in total. The summed E-state index contributed by atoms with van der Waals surface area (Å²) >= 11 is 2.19. The van der Waals surface area contributed by atoms with Gasteiger partial charge in [-0.2, -0.15) is 0 Å².